The number of sulfonamides is 2. The molecule has 1 N–H and O–H groups in total. The quantitative estimate of drug-likeness (QED) is 0.803. The fraction of sp³-hybridized carbons (Fsp3) is 0.312. The van der Waals surface area contributed by atoms with Crippen LogP contribution in [0.1, 0.15) is 30.7 Å². The van der Waals surface area contributed by atoms with Crippen molar-refractivity contribution in [3.63, 3.8) is 0 Å². The summed E-state index contributed by atoms with van der Waals surface area (Å²) in [5, 5.41) is 4.30. The second-order valence-corrected chi connectivity index (χ2v) is 9.74. The van der Waals surface area contributed by atoms with Crippen LogP contribution in [0.3, 0.4) is 0 Å². The zero-order chi connectivity index (χ0) is 18.9. The maximum absolute atomic E-state index is 12.5. The van der Waals surface area contributed by atoms with Crippen LogP contribution >= 0.6 is 0 Å². The predicted molar refractivity (Wildman–Crippen MR) is 98.8 cm³/mol. The first kappa shape index (κ1) is 18.5. The first-order valence-corrected chi connectivity index (χ1v) is 11.4. The standard InChI is InChI=1S/C16H19N3O5S2/c1-3-26(22,23)19-15(16-9-6-10-24-16)11-14(17-19)12-7-4-5-8-13(12)18-25(2,20)21/h4-10,15,18H,3,11H2,1-2H3. The van der Waals surface area contributed by atoms with Gasteiger partial charge in [0.25, 0.3) is 0 Å². The molecule has 2 heterocycles. The van der Waals surface area contributed by atoms with Crippen LogP contribution < -0.4 is 4.72 Å². The molecule has 0 saturated heterocycles. The van der Waals surface area contributed by atoms with Crippen LogP contribution in [0.25, 0.3) is 0 Å². The summed E-state index contributed by atoms with van der Waals surface area (Å²) < 4.78 is 57.0. The molecule has 1 aliphatic rings. The SMILES string of the molecule is CCS(=O)(=O)N1N=C(c2ccccc2NS(C)(=O)=O)CC1c1ccco1. The molecule has 0 saturated carbocycles. The lowest BCUT2D eigenvalue weighted by Crippen LogP contribution is -2.28. The predicted octanol–water partition coefficient (Wildman–Crippen LogP) is 2.15. The largest absolute Gasteiger partial charge is 0.467 e. The summed E-state index contributed by atoms with van der Waals surface area (Å²) in [4.78, 5) is 0. The first-order valence-electron chi connectivity index (χ1n) is 7.91. The van der Waals surface area contributed by atoms with Crippen molar-refractivity contribution >= 4 is 31.4 Å². The fourth-order valence-corrected chi connectivity index (χ4v) is 4.39. The van der Waals surface area contributed by atoms with Gasteiger partial charge in [0, 0.05) is 12.0 Å². The number of hydrogen-bond acceptors (Lipinski definition) is 6. The summed E-state index contributed by atoms with van der Waals surface area (Å²) in [6.07, 6.45) is 2.80. The van der Waals surface area contributed by atoms with E-state index in [0.29, 0.717) is 22.7 Å². The Morgan fingerprint density at radius 3 is 2.54 bits per heavy atom. The Kier molecular flexibility index (Phi) is 4.80. The number of rotatable bonds is 6. The van der Waals surface area contributed by atoms with Crippen molar-refractivity contribution in [1.29, 1.82) is 0 Å². The van der Waals surface area contributed by atoms with Gasteiger partial charge in [0.1, 0.15) is 11.8 Å². The van der Waals surface area contributed by atoms with Gasteiger partial charge in [-0.15, -0.1) is 0 Å². The lowest BCUT2D eigenvalue weighted by Gasteiger charge is -2.20. The Morgan fingerprint density at radius 1 is 1.19 bits per heavy atom. The van der Waals surface area contributed by atoms with Crippen LogP contribution in [0.15, 0.2) is 52.2 Å². The van der Waals surface area contributed by atoms with Crippen molar-refractivity contribution in [1.82, 2.24) is 4.41 Å². The lowest BCUT2D eigenvalue weighted by atomic mass is 10.0. The average Bonchev–Trinajstić information content (AvgIpc) is 3.23. The molecule has 26 heavy (non-hydrogen) atoms. The van der Waals surface area contributed by atoms with Gasteiger partial charge in [-0.2, -0.15) is 9.52 Å². The summed E-state index contributed by atoms with van der Waals surface area (Å²) in [6, 6.07) is 9.52. The van der Waals surface area contributed by atoms with Gasteiger partial charge >= 0.3 is 0 Å². The molecule has 0 amide bonds. The minimum absolute atomic E-state index is 0.107. The van der Waals surface area contributed by atoms with E-state index in [-0.39, 0.29) is 12.2 Å². The number of nitrogens with one attached hydrogen (secondary N) is 1. The zero-order valence-electron chi connectivity index (χ0n) is 14.3. The van der Waals surface area contributed by atoms with E-state index in [0.717, 1.165) is 10.7 Å². The van der Waals surface area contributed by atoms with Crippen molar-refractivity contribution in [3.8, 4) is 0 Å². The van der Waals surface area contributed by atoms with Crippen LogP contribution in [0.5, 0.6) is 0 Å². The molecule has 8 nitrogen and oxygen atoms in total. The molecule has 2 aromatic rings. The maximum atomic E-state index is 12.5. The molecule has 10 heteroatoms. The fourth-order valence-electron chi connectivity index (χ4n) is 2.76. The monoisotopic (exact) mass is 397 g/mol. The number of hydrogen-bond donors (Lipinski definition) is 1. The van der Waals surface area contributed by atoms with E-state index in [2.05, 4.69) is 9.82 Å². The molecule has 1 atom stereocenters. The number of benzene rings is 1. The van der Waals surface area contributed by atoms with Crippen LogP contribution in [0.2, 0.25) is 0 Å². The van der Waals surface area contributed by atoms with Crippen LogP contribution in [-0.4, -0.2) is 39.0 Å². The molecule has 0 radical (unpaired) electrons. The van der Waals surface area contributed by atoms with Gasteiger partial charge in [0.05, 0.1) is 29.7 Å². The maximum Gasteiger partial charge on any atom is 0.250 e. The molecule has 0 aliphatic carbocycles. The third-order valence-electron chi connectivity index (χ3n) is 3.93. The van der Waals surface area contributed by atoms with E-state index in [1.807, 2.05) is 0 Å². The molecule has 1 aromatic heterocycles. The highest BCUT2D eigenvalue weighted by atomic mass is 32.2. The van der Waals surface area contributed by atoms with Crippen LogP contribution in [0.4, 0.5) is 5.69 Å². The molecule has 1 aromatic carbocycles. The van der Waals surface area contributed by atoms with Gasteiger partial charge in [0.15, 0.2) is 0 Å². The summed E-state index contributed by atoms with van der Waals surface area (Å²) >= 11 is 0. The van der Waals surface area contributed by atoms with Crippen molar-refractivity contribution in [3.05, 3.63) is 54.0 Å². The van der Waals surface area contributed by atoms with Gasteiger partial charge in [0.2, 0.25) is 20.0 Å². The molecule has 0 bridgehead atoms. The zero-order valence-corrected chi connectivity index (χ0v) is 15.9. The Morgan fingerprint density at radius 2 is 1.92 bits per heavy atom. The van der Waals surface area contributed by atoms with Gasteiger partial charge < -0.3 is 4.42 Å². The molecular formula is C16H19N3O5S2. The molecule has 0 spiro atoms. The smallest absolute Gasteiger partial charge is 0.250 e. The van der Waals surface area contributed by atoms with Gasteiger partial charge in [-0.25, -0.2) is 16.8 Å². The van der Waals surface area contributed by atoms with Gasteiger partial charge in [-0.3, -0.25) is 4.72 Å². The Labute approximate surface area is 152 Å². The summed E-state index contributed by atoms with van der Waals surface area (Å²) in [6.45, 7) is 1.54. The van der Waals surface area contributed by atoms with Crippen molar-refractivity contribution in [2.75, 3.05) is 16.7 Å². The average molecular weight is 397 g/mol. The second-order valence-electron chi connectivity index (χ2n) is 5.87. The van der Waals surface area contributed by atoms with E-state index in [4.69, 9.17) is 4.42 Å². The summed E-state index contributed by atoms with van der Waals surface area (Å²) in [7, 11) is -7.10. The molecule has 140 valence electrons. The number of anilines is 1. The summed E-state index contributed by atoms with van der Waals surface area (Å²) in [5.41, 5.74) is 1.35. The number of furan rings is 1. The summed E-state index contributed by atoms with van der Waals surface area (Å²) in [5.74, 6) is 0.374. The second kappa shape index (κ2) is 6.76. The molecule has 1 aliphatic heterocycles. The topological polar surface area (TPSA) is 109 Å². The Bertz CT molecular complexity index is 1030. The van der Waals surface area contributed by atoms with E-state index in [9.17, 15) is 16.8 Å². The van der Waals surface area contributed by atoms with Crippen molar-refractivity contribution in [2.24, 2.45) is 5.10 Å². The Hall–Kier alpha value is -2.33. The van der Waals surface area contributed by atoms with Crippen molar-refractivity contribution in [2.45, 2.75) is 19.4 Å². The Balaban J connectivity index is 2.05. The highest BCUT2D eigenvalue weighted by Crippen LogP contribution is 2.36. The molecule has 3 rings (SSSR count). The van der Waals surface area contributed by atoms with Gasteiger partial charge in [-0.05, 0) is 25.1 Å². The number of hydrazone groups is 1. The van der Waals surface area contributed by atoms with Crippen molar-refractivity contribution < 1.29 is 21.3 Å². The number of para-hydroxylation sites is 1. The minimum atomic E-state index is -3.61. The third kappa shape index (κ3) is 3.75. The van der Waals surface area contributed by atoms with Crippen LogP contribution in [-0.2, 0) is 20.0 Å². The highest BCUT2D eigenvalue weighted by molar-refractivity contribution is 7.92. The van der Waals surface area contributed by atoms with Crippen LogP contribution in [0, 0.1) is 0 Å². The normalized spacial score (nSPS) is 18.0. The molecular weight excluding hydrogens is 378 g/mol. The highest BCUT2D eigenvalue weighted by Gasteiger charge is 2.38. The first-order chi connectivity index (χ1) is 12.2. The van der Waals surface area contributed by atoms with E-state index in [1.54, 1.807) is 43.3 Å². The molecule has 1 unspecified atom stereocenters. The third-order valence-corrected chi connectivity index (χ3v) is 6.15. The van der Waals surface area contributed by atoms with E-state index in [1.165, 1.54) is 6.26 Å². The number of nitrogens with zero attached hydrogens (tertiary/aromatic N) is 2. The van der Waals surface area contributed by atoms with E-state index < -0.39 is 26.1 Å². The van der Waals surface area contributed by atoms with Gasteiger partial charge in [-0.1, -0.05) is 18.2 Å². The lowest BCUT2D eigenvalue weighted by molar-refractivity contribution is 0.320. The minimum Gasteiger partial charge on any atom is -0.467 e. The molecule has 0 fully saturated rings. The van der Waals surface area contributed by atoms with E-state index >= 15 is 0 Å².